The molecule has 1 aromatic heterocycles. The first kappa shape index (κ1) is 16.1. The van der Waals surface area contributed by atoms with Crippen molar-refractivity contribution < 1.29 is 4.74 Å². The van der Waals surface area contributed by atoms with Crippen molar-refractivity contribution in [3.63, 3.8) is 0 Å². The second-order valence-corrected chi connectivity index (χ2v) is 7.82. The summed E-state index contributed by atoms with van der Waals surface area (Å²) in [7, 11) is 2.25. The first-order chi connectivity index (χ1) is 11.8. The predicted octanol–water partition coefficient (Wildman–Crippen LogP) is 3.49. The Morgan fingerprint density at radius 2 is 2.12 bits per heavy atom. The van der Waals surface area contributed by atoms with E-state index in [4.69, 9.17) is 4.74 Å². The van der Waals surface area contributed by atoms with Crippen molar-refractivity contribution in [2.75, 3.05) is 38.3 Å². The van der Waals surface area contributed by atoms with E-state index in [0.29, 0.717) is 6.04 Å². The van der Waals surface area contributed by atoms with Gasteiger partial charge in [-0.05, 0) is 37.4 Å². The molecule has 24 heavy (non-hydrogen) atoms. The summed E-state index contributed by atoms with van der Waals surface area (Å²) in [4.78, 5) is 10.8. The lowest BCUT2D eigenvalue weighted by Crippen LogP contribution is -2.36. The summed E-state index contributed by atoms with van der Waals surface area (Å²) < 4.78 is 5.43. The molecule has 0 bridgehead atoms. The smallest absolute Gasteiger partial charge is 0.185 e. The highest BCUT2D eigenvalue weighted by molar-refractivity contribution is 7.15. The first-order valence-electron chi connectivity index (χ1n) is 8.87. The number of anilines is 1. The van der Waals surface area contributed by atoms with Gasteiger partial charge in [0, 0.05) is 36.8 Å². The Bertz CT molecular complexity index is 681. The van der Waals surface area contributed by atoms with E-state index in [1.54, 1.807) is 0 Å². The molecule has 1 aliphatic carbocycles. The van der Waals surface area contributed by atoms with E-state index in [2.05, 4.69) is 52.3 Å². The lowest BCUT2D eigenvalue weighted by atomic mass is 9.87. The average molecular weight is 343 g/mol. The molecule has 1 atom stereocenters. The van der Waals surface area contributed by atoms with Crippen LogP contribution in [0.15, 0.2) is 30.5 Å². The Morgan fingerprint density at radius 1 is 1.29 bits per heavy atom. The van der Waals surface area contributed by atoms with Gasteiger partial charge in [0.15, 0.2) is 5.13 Å². The van der Waals surface area contributed by atoms with Crippen LogP contribution in [0.5, 0.6) is 0 Å². The van der Waals surface area contributed by atoms with E-state index in [1.807, 2.05) is 11.3 Å². The molecule has 2 aromatic rings. The van der Waals surface area contributed by atoms with Crippen LogP contribution in [-0.4, -0.2) is 43.2 Å². The number of ether oxygens (including phenoxy) is 1. The standard InChI is InChI=1S/C19H25N3OS/c1-21(18-8-4-6-15-5-2-3-7-17(15)18)14-16-13-20-19(24-16)22-9-11-23-12-10-22/h2-3,5,7,13,18H,4,6,8-12,14H2,1H3/t18-/m0/s1. The van der Waals surface area contributed by atoms with Gasteiger partial charge in [0.05, 0.1) is 13.2 Å². The molecule has 1 saturated heterocycles. The molecule has 0 N–H and O–H groups in total. The number of aryl methyl sites for hydroxylation is 1. The number of nitrogens with zero attached hydrogens (tertiary/aromatic N) is 3. The molecule has 128 valence electrons. The Hall–Kier alpha value is -1.43. The topological polar surface area (TPSA) is 28.6 Å². The van der Waals surface area contributed by atoms with E-state index in [9.17, 15) is 0 Å². The second-order valence-electron chi connectivity index (χ2n) is 6.73. The minimum atomic E-state index is 0.531. The Labute approximate surface area is 148 Å². The summed E-state index contributed by atoms with van der Waals surface area (Å²) in [6, 6.07) is 9.47. The van der Waals surface area contributed by atoms with Gasteiger partial charge in [0.2, 0.25) is 0 Å². The average Bonchev–Trinajstić information content (AvgIpc) is 3.10. The highest BCUT2D eigenvalue weighted by Gasteiger charge is 2.24. The van der Waals surface area contributed by atoms with Crippen LogP contribution in [0, 0.1) is 0 Å². The highest BCUT2D eigenvalue weighted by atomic mass is 32.1. The zero-order chi connectivity index (χ0) is 16.4. The van der Waals surface area contributed by atoms with Crippen molar-refractivity contribution >= 4 is 16.5 Å². The number of morpholine rings is 1. The molecule has 1 aromatic carbocycles. The molecule has 0 radical (unpaired) electrons. The number of rotatable bonds is 4. The van der Waals surface area contributed by atoms with Gasteiger partial charge in [-0.15, -0.1) is 11.3 Å². The zero-order valence-corrected chi connectivity index (χ0v) is 15.1. The largest absolute Gasteiger partial charge is 0.378 e. The third kappa shape index (κ3) is 3.34. The van der Waals surface area contributed by atoms with Gasteiger partial charge in [0.25, 0.3) is 0 Å². The van der Waals surface area contributed by atoms with E-state index in [-0.39, 0.29) is 0 Å². The van der Waals surface area contributed by atoms with Gasteiger partial charge < -0.3 is 9.64 Å². The molecule has 4 nitrogen and oxygen atoms in total. The molecular weight excluding hydrogens is 318 g/mol. The summed E-state index contributed by atoms with van der Waals surface area (Å²) in [5.74, 6) is 0. The minimum absolute atomic E-state index is 0.531. The SMILES string of the molecule is CN(Cc1cnc(N2CCOCC2)s1)[C@H]1CCCc2ccccc21. The van der Waals surface area contributed by atoms with Crippen LogP contribution in [-0.2, 0) is 17.7 Å². The maximum atomic E-state index is 5.43. The molecule has 5 heteroatoms. The number of benzene rings is 1. The van der Waals surface area contributed by atoms with Crippen LogP contribution in [0.1, 0.15) is 34.9 Å². The molecule has 0 amide bonds. The Kier molecular flexibility index (Phi) is 4.83. The molecule has 0 saturated carbocycles. The number of thiazole rings is 1. The zero-order valence-electron chi connectivity index (χ0n) is 14.3. The van der Waals surface area contributed by atoms with E-state index >= 15 is 0 Å². The van der Waals surface area contributed by atoms with Crippen LogP contribution in [0.3, 0.4) is 0 Å². The molecular formula is C19H25N3OS. The van der Waals surface area contributed by atoms with Crippen molar-refractivity contribution in [3.8, 4) is 0 Å². The first-order valence-corrected chi connectivity index (χ1v) is 9.68. The normalized spacial score (nSPS) is 21.1. The second kappa shape index (κ2) is 7.21. The number of hydrogen-bond acceptors (Lipinski definition) is 5. The third-order valence-corrected chi connectivity index (χ3v) is 6.14. The third-order valence-electron chi connectivity index (χ3n) is 5.10. The van der Waals surface area contributed by atoms with Gasteiger partial charge in [0.1, 0.15) is 0 Å². The van der Waals surface area contributed by atoms with Crippen LogP contribution in [0.2, 0.25) is 0 Å². The minimum Gasteiger partial charge on any atom is -0.378 e. The van der Waals surface area contributed by atoms with E-state index in [1.165, 1.54) is 35.3 Å². The fourth-order valence-corrected chi connectivity index (χ4v) is 4.84. The maximum absolute atomic E-state index is 5.43. The summed E-state index contributed by atoms with van der Waals surface area (Å²) in [6.45, 7) is 4.51. The van der Waals surface area contributed by atoms with Crippen molar-refractivity contribution in [1.82, 2.24) is 9.88 Å². The Balaban J connectivity index is 1.45. The van der Waals surface area contributed by atoms with Crippen molar-refractivity contribution in [2.45, 2.75) is 31.8 Å². The fourth-order valence-electron chi connectivity index (χ4n) is 3.81. The summed E-state index contributed by atoms with van der Waals surface area (Å²) in [5.41, 5.74) is 3.04. The molecule has 4 rings (SSSR count). The van der Waals surface area contributed by atoms with Gasteiger partial charge in [-0.2, -0.15) is 0 Å². The van der Waals surface area contributed by atoms with Crippen LogP contribution < -0.4 is 4.90 Å². The predicted molar refractivity (Wildman–Crippen MR) is 98.7 cm³/mol. The lowest BCUT2D eigenvalue weighted by molar-refractivity contribution is 0.122. The van der Waals surface area contributed by atoms with Crippen LogP contribution >= 0.6 is 11.3 Å². The fraction of sp³-hybridized carbons (Fsp3) is 0.526. The quantitative estimate of drug-likeness (QED) is 0.850. The highest BCUT2D eigenvalue weighted by Crippen LogP contribution is 2.35. The molecule has 0 spiro atoms. The van der Waals surface area contributed by atoms with Gasteiger partial charge in [-0.3, -0.25) is 4.90 Å². The van der Waals surface area contributed by atoms with Crippen LogP contribution in [0.4, 0.5) is 5.13 Å². The van der Waals surface area contributed by atoms with E-state index < -0.39 is 0 Å². The van der Waals surface area contributed by atoms with Gasteiger partial charge in [-0.25, -0.2) is 4.98 Å². The molecule has 0 unspecified atom stereocenters. The molecule has 1 fully saturated rings. The molecule has 2 aliphatic rings. The van der Waals surface area contributed by atoms with Gasteiger partial charge >= 0.3 is 0 Å². The van der Waals surface area contributed by atoms with Crippen LogP contribution in [0.25, 0.3) is 0 Å². The lowest BCUT2D eigenvalue weighted by Gasteiger charge is -2.33. The summed E-state index contributed by atoms with van der Waals surface area (Å²) in [5, 5.41) is 1.14. The monoisotopic (exact) mass is 343 g/mol. The Morgan fingerprint density at radius 3 is 3.00 bits per heavy atom. The summed E-state index contributed by atoms with van der Waals surface area (Å²) in [6.07, 6.45) is 5.82. The van der Waals surface area contributed by atoms with E-state index in [0.717, 1.165) is 38.0 Å². The number of fused-ring (bicyclic) bond motifs is 1. The molecule has 2 heterocycles. The maximum Gasteiger partial charge on any atom is 0.185 e. The van der Waals surface area contributed by atoms with Crippen molar-refractivity contribution in [2.24, 2.45) is 0 Å². The molecule has 1 aliphatic heterocycles. The van der Waals surface area contributed by atoms with Crippen molar-refractivity contribution in [1.29, 1.82) is 0 Å². The van der Waals surface area contributed by atoms with Gasteiger partial charge in [-0.1, -0.05) is 24.3 Å². The van der Waals surface area contributed by atoms with Crippen molar-refractivity contribution in [3.05, 3.63) is 46.5 Å². The number of aromatic nitrogens is 1. The number of hydrogen-bond donors (Lipinski definition) is 0. The summed E-state index contributed by atoms with van der Waals surface area (Å²) >= 11 is 1.83.